The molecule has 0 fully saturated rings. The van der Waals surface area contributed by atoms with Crippen LogP contribution in [0.4, 0.5) is 0 Å². The van der Waals surface area contributed by atoms with Gasteiger partial charge in [-0.1, -0.05) is 13.8 Å². The van der Waals surface area contributed by atoms with Crippen LogP contribution in [0, 0.1) is 5.92 Å². The van der Waals surface area contributed by atoms with Crippen LogP contribution >= 0.6 is 23.2 Å². The first-order valence-corrected chi connectivity index (χ1v) is 5.42. The van der Waals surface area contributed by atoms with E-state index >= 15 is 0 Å². The molecule has 2 unspecified atom stereocenters. The van der Waals surface area contributed by atoms with Gasteiger partial charge in [-0.15, -0.1) is 23.2 Å². The Balaban J connectivity index is 3.58. The highest BCUT2D eigenvalue weighted by atomic mass is 35.5. The maximum absolute atomic E-state index is 5.91. The minimum atomic E-state index is 0.193. The van der Waals surface area contributed by atoms with Crippen molar-refractivity contribution in [1.82, 2.24) is 0 Å². The Morgan fingerprint density at radius 2 is 1.89 bits per heavy atom. The normalized spacial score (nSPS) is 18.3. The van der Waals surface area contributed by atoms with Crippen LogP contribution in [0.15, 0.2) is 0 Å². The Labute approximate surface area is 70.3 Å². The van der Waals surface area contributed by atoms with Crippen molar-refractivity contribution in [3.63, 3.8) is 0 Å². The number of halogens is 2. The number of hydrogen-bond acceptors (Lipinski definition) is 0. The molecule has 0 heterocycles. The summed E-state index contributed by atoms with van der Waals surface area (Å²) in [6.45, 7) is 4.39. The molecule has 0 radical (unpaired) electrons. The van der Waals surface area contributed by atoms with Crippen molar-refractivity contribution < 1.29 is 0 Å². The van der Waals surface area contributed by atoms with Crippen LogP contribution in [0.3, 0.4) is 0 Å². The van der Waals surface area contributed by atoms with E-state index in [-0.39, 0.29) is 5.38 Å². The van der Waals surface area contributed by atoms with Crippen molar-refractivity contribution >= 4 is 33.4 Å². The highest BCUT2D eigenvalue weighted by Gasteiger charge is 2.15. The molecule has 3 heteroatoms. The molecule has 0 amide bonds. The van der Waals surface area contributed by atoms with Gasteiger partial charge in [-0.05, 0) is 11.5 Å². The van der Waals surface area contributed by atoms with Gasteiger partial charge in [0, 0.05) is 21.5 Å². The van der Waals surface area contributed by atoms with Crippen molar-refractivity contribution in [1.29, 1.82) is 0 Å². The molecule has 0 saturated carbocycles. The summed E-state index contributed by atoms with van der Waals surface area (Å²) in [7, 11) is 1.15. The molecule has 9 heavy (non-hydrogen) atoms. The lowest BCUT2D eigenvalue weighted by atomic mass is 10.1. The third-order valence-electron chi connectivity index (χ3n) is 1.77. The largest absolute Gasteiger partial charge is 0.125 e. The van der Waals surface area contributed by atoms with Gasteiger partial charge in [-0.25, -0.2) is 0 Å². The molecule has 0 aromatic heterocycles. The van der Waals surface area contributed by atoms with Crippen LogP contribution in [0.25, 0.3) is 0 Å². The molecule has 0 saturated heterocycles. The highest BCUT2D eigenvalue weighted by molar-refractivity contribution is 6.31. The van der Waals surface area contributed by atoms with Gasteiger partial charge < -0.3 is 0 Å². The van der Waals surface area contributed by atoms with Crippen molar-refractivity contribution in [2.75, 3.05) is 5.88 Å². The summed E-state index contributed by atoms with van der Waals surface area (Å²) in [5.41, 5.74) is 0.657. The fraction of sp³-hybridized carbons (Fsp3) is 1.00. The predicted octanol–water partition coefficient (Wildman–Crippen LogP) is 1.64. The average Bonchev–Trinajstić information content (AvgIpc) is 1.84. The van der Waals surface area contributed by atoms with Crippen LogP contribution in [-0.2, 0) is 0 Å². The van der Waals surface area contributed by atoms with Gasteiger partial charge in [0.15, 0.2) is 0 Å². The van der Waals surface area contributed by atoms with Crippen molar-refractivity contribution in [3.8, 4) is 0 Å². The topological polar surface area (TPSA) is 0 Å². The highest BCUT2D eigenvalue weighted by Crippen LogP contribution is 2.23. The first kappa shape index (κ1) is 9.80. The molecule has 0 aromatic rings. The van der Waals surface area contributed by atoms with E-state index in [4.69, 9.17) is 23.2 Å². The summed E-state index contributed by atoms with van der Waals surface area (Å²) in [6, 6.07) is 0. The van der Waals surface area contributed by atoms with E-state index < -0.39 is 0 Å². The number of rotatable bonds is 3. The molecule has 0 rings (SSSR count). The van der Waals surface area contributed by atoms with Gasteiger partial charge in [-0.3, -0.25) is 0 Å². The zero-order valence-electron chi connectivity index (χ0n) is 6.20. The summed E-state index contributed by atoms with van der Waals surface area (Å²) in [4.78, 5) is 0. The van der Waals surface area contributed by atoms with Gasteiger partial charge >= 0.3 is 0 Å². The van der Waals surface area contributed by atoms with E-state index in [1.807, 2.05) is 0 Å². The van der Waals surface area contributed by atoms with Crippen LogP contribution in [0.1, 0.15) is 13.8 Å². The Hall–Kier alpha value is 0.797. The maximum Gasteiger partial charge on any atom is 0.0470 e. The smallest absolute Gasteiger partial charge is 0.0470 e. The molecule has 0 N–H and O–H groups in total. The summed E-state index contributed by atoms with van der Waals surface area (Å²) in [6.07, 6.45) is 0. The fourth-order valence-corrected chi connectivity index (χ4v) is 1.66. The van der Waals surface area contributed by atoms with Gasteiger partial charge in [0.05, 0.1) is 0 Å². The fourth-order valence-electron chi connectivity index (χ4n) is 0.558. The summed E-state index contributed by atoms with van der Waals surface area (Å²) >= 11 is 11.5. The van der Waals surface area contributed by atoms with Crippen molar-refractivity contribution in [3.05, 3.63) is 0 Å². The van der Waals surface area contributed by atoms with Crippen LogP contribution in [0.5, 0.6) is 0 Å². The van der Waals surface area contributed by atoms with Crippen LogP contribution in [-0.4, -0.2) is 21.5 Å². The minimum Gasteiger partial charge on any atom is -0.125 e. The van der Waals surface area contributed by atoms with Gasteiger partial charge in [0.25, 0.3) is 0 Å². The van der Waals surface area contributed by atoms with E-state index in [0.29, 0.717) is 17.3 Å². The zero-order valence-corrected chi connectivity index (χ0v) is 9.71. The lowest BCUT2D eigenvalue weighted by Gasteiger charge is -2.18. The first-order chi connectivity index (χ1) is 4.09. The van der Waals surface area contributed by atoms with E-state index in [0.717, 1.165) is 10.2 Å². The SMILES string of the molecule is CC(C)C([SiH3])C(Cl)CCl. The lowest BCUT2D eigenvalue weighted by Crippen LogP contribution is -2.15. The lowest BCUT2D eigenvalue weighted by molar-refractivity contribution is 0.582. The number of hydrogen-bond donors (Lipinski definition) is 0. The molecule has 0 spiro atoms. The second-order valence-electron chi connectivity index (χ2n) is 2.77. The van der Waals surface area contributed by atoms with E-state index in [2.05, 4.69) is 13.8 Å². The third-order valence-corrected chi connectivity index (χ3v) is 5.37. The van der Waals surface area contributed by atoms with E-state index in [9.17, 15) is 0 Å². The zero-order chi connectivity index (χ0) is 7.44. The average molecular weight is 185 g/mol. The first-order valence-electron chi connectivity index (χ1n) is 3.29. The van der Waals surface area contributed by atoms with E-state index in [1.165, 1.54) is 0 Å². The molecular formula is C6H14Cl2Si. The quantitative estimate of drug-likeness (QED) is 0.463. The third kappa shape index (κ3) is 3.49. The minimum absolute atomic E-state index is 0.193. The van der Waals surface area contributed by atoms with Crippen molar-refractivity contribution in [2.24, 2.45) is 5.92 Å². The number of alkyl halides is 2. The molecule has 0 aliphatic rings. The molecule has 0 aliphatic heterocycles. The second kappa shape index (κ2) is 4.59. The van der Waals surface area contributed by atoms with Crippen LogP contribution < -0.4 is 0 Å². The van der Waals surface area contributed by atoms with Gasteiger partial charge in [0.1, 0.15) is 0 Å². The maximum atomic E-state index is 5.91. The summed E-state index contributed by atoms with van der Waals surface area (Å²) < 4.78 is 0. The molecule has 0 nitrogen and oxygen atoms in total. The Bertz CT molecular complexity index is 75.5. The van der Waals surface area contributed by atoms with Crippen LogP contribution in [0.2, 0.25) is 5.54 Å². The molecule has 0 bridgehead atoms. The van der Waals surface area contributed by atoms with E-state index in [1.54, 1.807) is 0 Å². The van der Waals surface area contributed by atoms with Gasteiger partial charge in [-0.2, -0.15) is 0 Å². The summed E-state index contributed by atoms with van der Waals surface area (Å²) in [5.74, 6) is 1.28. The monoisotopic (exact) mass is 184 g/mol. The van der Waals surface area contributed by atoms with Gasteiger partial charge in [0.2, 0.25) is 0 Å². The second-order valence-corrected chi connectivity index (χ2v) is 4.98. The van der Waals surface area contributed by atoms with Crippen molar-refractivity contribution in [2.45, 2.75) is 24.8 Å². The Morgan fingerprint density at radius 3 is 2.00 bits per heavy atom. The molecule has 56 valence electrons. The Morgan fingerprint density at radius 1 is 1.44 bits per heavy atom. The molecular weight excluding hydrogens is 171 g/mol. The predicted molar refractivity (Wildman–Crippen MR) is 48.9 cm³/mol. The molecule has 0 aliphatic carbocycles. The summed E-state index contributed by atoms with van der Waals surface area (Å²) in [5, 5.41) is 0.193. The Kier molecular flexibility index (Phi) is 4.99. The standard InChI is InChI=1S/C6H14Cl2Si/c1-4(2)6(9)5(8)3-7/h4-6H,3H2,1-2,9H3. The molecule has 2 atom stereocenters. The molecule has 0 aromatic carbocycles.